The molecule has 5 heteroatoms. The molecule has 0 bridgehead atoms. The molecule has 1 saturated heterocycles. The Morgan fingerprint density at radius 3 is 3.00 bits per heavy atom. The molecule has 0 saturated carbocycles. The molecule has 0 radical (unpaired) electrons. The van der Waals surface area contributed by atoms with Crippen LogP contribution < -0.4 is 10.5 Å². The average molecular weight is 250 g/mol. The van der Waals surface area contributed by atoms with Crippen LogP contribution in [0, 0.1) is 0 Å². The summed E-state index contributed by atoms with van der Waals surface area (Å²) in [5, 5.41) is 9.13. The number of piperidine rings is 1. The Labute approximate surface area is 106 Å². The lowest BCUT2D eigenvalue weighted by Crippen LogP contribution is -2.38. The molecule has 5 nitrogen and oxygen atoms in total. The first-order valence-electron chi connectivity index (χ1n) is 6.04. The van der Waals surface area contributed by atoms with Gasteiger partial charge in [-0.25, -0.2) is 4.79 Å². The fraction of sp³-hybridized carbons (Fsp3) is 0.462. The van der Waals surface area contributed by atoms with Crippen LogP contribution in [-0.4, -0.2) is 42.2 Å². The van der Waals surface area contributed by atoms with E-state index in [9.17, 15) is 4.79 Å². The number of nitrogen functional groups attached to an aromatic ring is 1. The highest BCUT2D eigenvalue weighted by molar-refractivity contribution is 5.92. The molecule has 1 heterocycles. The van der Waals surface area contributed by atoms with Crippen molar-refractivity contribution in [3.63, 3.8) is 0 Å². The second kappa shape index (κ2) is 5.27. The number of likely N-dealkylation sites (tertiary alicyclic amines) is 1. The van der Waals surface area contributed by atoms with E-state index in [1.54, 1.807) is 12.1 Å². The molecule has 1 unspecified atom stereocenters. The summed E-state index contributed by atoms with van der Waals surface area (Å²) in [7, 11) is 2.04. The molecule has 1 aliphatic rings. The predicted octanol–water partition coefficient (Wildman–Crippen LogP) is 1.44. The predicted molar refractivity (Wildman–Crippen MR) is 69.0 cm³/mol. The maximum atomic E-state index is 11.1. The van der Waals surface area contributed by atoms with Crippen LogP contribution in [0.5, 0.6) is 5.75 Å². The number of hydrogen-bond acceptors (Lipinski definition) is 4. The highest BCUT2D eigenvalue weighted by atomic mass is 16.5. The molecule has 1 aliphatic heterocycles. The summed E-state index contributed by atoms with van der Waals surface area (Å²) in [5.41, 5.74) is 6.15. The summed E-state index contributed by atoms with van der Waals surface area (Å²) in [6.45, 7) is 1.89. The number of anilines is 1. The third-order valence-corrected chi connectivity index (χ3v) is 3.11. The fourth-order valence-corrected chi connectivity index (χ4v) is 2.21. The van der Waals surface area contributed by atoms with Gasteiger partial charge in [0.1, 0.15) is 17.4 Å². The summed E-state index contributed by atoms with van der Waals surface area (Å²) in [4.78, 5) is 13.3. The van der Waals surface area contributed by atoms with Gasteiger partial charge in [-0.2, -0.15) is 0 Å². The van der Waals surface area contributed by atoms with Crippen molar-refractivity contribution < 1.29 is 14.6 Å². The monoisotopic (exact) mass is 250 g/mol. The van der Waals surface area contributed by atoms with E-state index in [0.717, 1.165) is 25.9 Å². The summed E-state index contributed by atoms with van der Waals surface area (Å²) in [6, 6.07) is 4.73. The molecule has 1 aromatic carbocycles. The van der Waals surface area contributed by atoms with Gasteiger partial charge in [-0.3, -0.25) is 0 Å². The number of nitrogens with zero attached hydrogens (tertiary/aromatic N) is 1. The number of carboxylic acid groups (broad SMARTS) is 1. The van der Waals surface area contributed by atoms with Gasteiger partial charge in [0.2, 0.25) is 0 Å². The van der Waals surface area contributed by atoms with Crippen molar-refractivity contribution in [2.24, 2.45) is 0 Å². The first kappa shape index (κ1) is 12.7. The lowest BCUT2D eigenvalue weighted by molar-refractivity contribution is 0.0678. The SMILES string of the molecule is CN1CCCC(Oc2ccc(N)cc2C(=O)O)C1. The Hall–Kier alpha value is -1.75. The zero-order valence-corrected chi connectivity index (χ0v) is 10.4. The van der Waals surface area contributed by atoms with E-state index >= 15 is 0 Å². The maximum absolute atomic E-state index is 11.1. The second-order valence-electron chi connectivity index (χ2n) is 4.71. The fourth-order valence-electron chi connectivity index (χ4n) is 2.21. The lowest BCUT2D eigenvalue weighted by atomic mass is 10.1. The van der Waals surface area contributed by atoms with Crippen molar-refractivity contribution in [2.75, 3.05) is 25.9 Å². The molecule has 1 atom stereocenters. The van der Waals surface area contributed by atoms with Crippen molar-refractivity contribution in [2.45, 2.75) is 18.9 Å². The zero-order chi connectivity index (χ0) is 13.1. The first-order valence-corrected chi connectivity index (χ1v) is 6.04. The quantitative estimate of drug-likeness (QED) is 0.794. The molecule has 1 aromatic rings. The third-order valence-electron chi connectivity index (χ3n) is 3.11. The number of benzene rings is 1. The standard InChI is InChI=1S/C13H18N2O3/c1-15-6-2-3-10(8-15)18-12-5-4-9(14)7-11(12)13(16)17/h4-5,7,10H,2-3,6,8,14H2,1H3,(H,16,17). The van der Waals surface area contributed by atoms with Crippen LogP contribution in [0.1, 0.15) is 23.2 Å². The number of ether oxygens (including phenoxy) is 1. The Balaban J connectivity index is 2.15. The van der Waals surface area contributed by atoms with Crippen LogP contribution in [0.2, 0.25) is 0 Å². The van der Waals surface area contributed by atoms with E-state index in [1.807, 2.05) is 7.05 Å². The number of nitrogens with two attached hydrogens (primary N) is 1. The highest BCUT2D eigenvalue weighted by Gasteiger charge is 2.21. The van der Waals surface area contributed by atoms with Crippen LogP contribution in [0.25, 0.3) is 0 Å². The van der Waals surface area contributed by atoms with Gasteiger partial charge >= 0.3 is 5.97 Å². The summed E-state index contributed by atoms with van der Waals surface area (Å²) >= 11 is 0. The van der Waals surface area contributed by atoms with Gasteiger partial charge in [-0.15, -0.1) is 0 Å². The van der Waals surface area contributed by atoms with Gasteiger partial charge < -0.3 is 20.5 Å². The third kappa shape index (κ3) is 2.92. The van der Waals surface area contributed by atoms with Gasteiger partial charge in [-0.1, -0.05) is 0 Å². The summed E-state index contributed by atoms with van der Waals surface area (Å²) < 4.78 is 5.80. The Morgan fingerprint density at radius 1 is 1.56 bits per heavy atom. The second-order valence-corrected chi connectivity index (χ2v) is 4.71. The normalized spacial score (nSPS) is 20.6. The molecule has 0 spiro atoms. The maximum Gasteiger partial charge on any atom is 0.339 e. The summed E-state index contributed by atoms with van der Waals surface area (Å²) in [6.07, 6.45) is 2.07. The van der Waals surface area contributed by atoms with Crippen molar-refractivity contribution >= 4 is 11.7 Å². The Bertz CT molecular complexity index is 448. The minimum absolute atomic E-state index is 0.0467. The lowest BCUT2D eigenvalue weighted by Gasteiger charge is -2.30. The molecule has 2 rings (SSSR count). The largest absolute Gasteiger partial charge is 0.488 e. The number of likely N-dealkylation sites (N-methyl/N-ethyl adjacent to an activating group) is 1. The number of hydrogen-bond donors (Lipinski definition) is 2. The Kier molecular flexibility index (Phi) is 3.72. The van der Waals surface area contributed by atoms with Crippen LogP contribution in [-0.2, 0) is 0 Å². The van der Waals surface area contributed by atoms with Gasteiger partial charge in [-0.05, 0) is 44.6 Å². The van der Waals surface area contributed by atoms with Crippen LogP contribution in [0.3, 0.4) is 0 Å². The minimum Gasteiger partial charge on any atom is -0.488 e. The highest BCUT2D eigenvalue weighted by Crippen LogP contribution is 2.24. The average Bonchev–Trinajstić information content (AvgIpc) is 2.31. The van der Waals surface area contributed by atoms with Crippen LogP contribution in [0.15, 0.2) is 18.2 Å². The van der Waals surface area contributed by atoms with Gasteiger partial charge in [0.15, 0.2) is 0 Å². The van der Waals surface area contributed by atoms with Gasteiger partial charge in [0.05, 0.1) is 0 Å². The molecular weight excluding hydrogens is 232 g/mol. The van der Waals surface area contributed by atoms with Crippen molar-refractivity contribution in [1.82, 2.24) is 4.90 Å². The van der Waals surface area contributed by atoms with E-state index in [2.05, 4.69) is 4.90 Å². The molecule has 1 fully saturated rings. The zero-order valence-electron chi connectivity index (χ0n) is 10.4. The molecular formula is C13H18N2O3. The number of rotatable bonds is 3. The van der Waals surface area contributed by atoms with Crippen molar-refractivity contribution in [3.05, 3.63) is 23.8 Å². The van der Waals surface area contributed by atoms with E-state index in [4.69, 9.17) is 15.6 Å². The summed E-state index contributed by atoms with van der Waals surface area (Å²) in [5.74, 6) is -0.613. The molecule has 0 aromatic heterocycles. The topological polar surface area (TPSA) is 75.8 Å². The van der Waals surface area contributed by atoms with Crippen molar-refractivity contribution in [3.8, 4) is 5.75 Å². The van der Waals surface area contributed by atoms with Crippen LogP contribution in [0.4, 0.5) is 5.69 Å². The van der Waals surface area contributed by atoms with Crippen molar-refractivity contribution in [1.29, 1.82) is 0 Å². The van der Waals surface area contributed by atoms with E-state index in [0.29, 0.717) is 11.4 Å². The van der Waals surface area contributed by atoms with Crippen LogP contribution >= 0.6 is 0 Å². The van der Waals surface area contributed by atoms with Gasteiger partial charge in [0, 0.05) is 12.2 Å². The van der Waals surface area contributed by atoms with E-state index in [-0.39, 0.29) is 11.7 Å². The van der Waals surface area contributed by atoms with E-state index < -0.39 is 5.97 Å². The molecule has 0 aliphatic carbocycles. The molecule has 3 N–H and O–H groups in total. The smallest absolute Gasteiger partial charge is 0.339 e. The van der Waals surface area contributed by atoms with E-state index in [1.165, 1.54) is 6.07 Å². The van der Waals surface area contributed by atoms with Gasteiger partial charge in [0.25, 0.3) is 0 Å². The molecule has 98 valence electrons. The first-order chi connectivity index (χ1) is 8.56. The molecule has 18 heavy (non-hydrogen) atoms. The molecule has 0 amide bonds. The Morgan fingerprint density at radius 2 is 2.33 bits per heavy atom. The number of aromatic carboxylic acids is 1. The number of carboxylic acids is 1. The number of carbonyl (C=O) groups is 1. The minimum atomic E-state index is -1.01.